The Labute approximate surface area is 160 Å². The van der Waals surface area contributed by atoms with Crippen LogP contribution in [0.2, 0.25) is 0 Å². The Hall–Kier alpha value is -2.63. The van der Waals surface area contributed by atoms with E-state index in [0.29, 0.717) is 26.1 Å². The van der Waals surface area contributed by atoms with Gasteiger partial charge in [0.15, 0.2) is 0 Å². The first-order valence-corrected chi connectivity index (χ1v) is 9.54. The van der Waals surface area contributed by atoms with Crippen molar-refractivity contribution in [2.24, 2.45) is 13.0 Å². The first kappa shape index (κ1) is 19.1. The topological polar surface area (TPSA) is 67.2 Å². The Morgan fingerprint density at radius 3 is 2.41 bits per heavy atom. The normalized spacial score (nSPS) is 15.0. The fourth-order valence-electron chi connectivity index (χ4n) is 3.66. The molecule has 1 aromatic heterocycles. The SMILES string of the molecule is Cc1nn(C)c(C)c1CC(=O)N1CCC(C(=O)NCc2ccccc2)CC1. The number of hydrogen-bond acceptors (Lipinski definition) is 3. The van der Waals surface area contributed by atoms with Gasteiger partial charge in [-0.2, -0.15) is 5.10 Å². The van der Waals surface area contributed by atoms with Gasteiger partial charge in [-0.3, -0.25) is 14.3 Å². The van der Waals surface area contributed by atoms with Gasteiger partial charge in [-0.15, -0.1) is 0 Å². The Balaban J connectivity index is 1.48. The second-order valence-corrected chi connectivity index (χ2v) is 7.31. The molecule has 1 aromatic carbocycles. The van der Waals surface area contributed by atoms with Crippen molar-refractivity contribution in [2.45, 2.75) is 39.7 Å². The standard InChI is InChI=1S/C21H28N4O2/c1-15-19(16(2)24(3)23-15)13-20(26)25-11-9-18(10-12-25)21(27)22-14-17-7-5-4-6-8-17/h4-8,18H,9-14H2,1-3H3,(H,22,27). The molecule has 0 radical (unpaired) electrons. The van der Waals surface area contributed by atoms with Gasteiger partial charge in [0.2, 0.25) is 11.8 Å². The van der Waals surface area contributed by atoms with Crippen molar-refractivity contribution in [1.29, 1.82) is 0 Å². The summed E-state index contributed by atoms with van der Waals surface area (Å²) in [4.78, 5) is 26.9. The molecule has 3 rings (SSSR count). The molecule has 0 unspecified atom stereocenters. The number of aryl methyl sites for hydroxylation is 2. The number of rotatable bonds is 5. The van der Waals surface area contributed by atoms with Crippen molar-refractivity contribution < 1.29 is 9.59 Å². The molecule has 2 aromatic rings. The van der Waals surface area contributed by atoms with Gasteiger partial charge < -0.3 is 10.2 Å². The van der Waals surface area contributed by atoms with E-state index in [1.54, 1.807) is 0 Å². The molecule has 0 bridgehead atoms. The minimum atomic E-state index is -0.0142. The van der Waals surface area contributed by atoms with E-state index in [-0.39, 0.29) is 17.7 Å². The second-order valence-electron chi connectivity index (χ2n) is 7.31. The molecule has 1 aliphatic heterocycles. The van der Waals surface area contributed by atoms with Crippen LogP contribution in [0.5, 0.6) is 0 Å². The summed E-state index contributed by atoms with van der Waals surface area (Å²) >= 11 is 0. The van der Waals surface area contributed by atoms with Crippen LogP contribution in [0, 0.1) is 19.8 Å². The predicted octanol–water partition coefficient (Wildman–Crippen LogP) is 2.13. The Morgan fingerprint density at radius 1 is 1.15 bits per heavy atom. The van der Waals surface area contributed by atoms with Crippen LogP contribution in [0.25, 0.3) is 0 Å². The van der Waals surface area contributed by atoms with Crippen molar-refractivity contribution in [1.82, 2.24) is 20.0 Å². The average molecular weight is 368 g/mol. The average Bonchev–Trinajstić information content (AvgIpc) is 2.93. The maximum Gasteiger partial charge on any atom is 0.227 e. The van der Waals surface area contributed by atoms with E-state index >= 15 is 0 Å². The van der Waals surface area contributed by atoms with E-state index in [9.17, 15) is 9.59 Å². The number of nitrogens with zero attached hydrogens (tertiary/aromatic N) is 3. The molecular weight excluding hydrogens is 340 g/mol. The summed E-state index contributed by atoms with van der Waals surface area (Å²) in [5, 5.41) is 7.40. The molecule has 6 nitrogen and oxygen atoms in total. The van der Waals surface area contributed by atoms with Crippen LogP contribution in [-0.4, -0.2) is 39.6 Å². The van der Waals surface area contributed by atoms with E-state index < -0.39 is 0 Å². The molecule has 1 fully saturated rings. The third kappa shape index (κ3) is 4.56. The number of piperidine rings is 1. The summed E-state index contributed by atoms with van der Waals surface area (Å²) in [5.74, 6) is 0.196. The molecule has 1 N–H and O–H groups in total. The Bertz CT molecular complexity index is 805. The molecule has 144 valence electrons. The molecule has 0 atom stereocenters. The van der Waals surface area contributed by atoms with Crippen LogP contribution in [0.4, 0.5) is 0 Å². The lowest BCUT2D eigenvalue weighted by Crippen LogP contribution is -2.43. The summed E-state index contributed by atoms with van der Waals surface area (Å²) in [7, 11) is 1.90. The first-order valence-electron chi connectivity index (χ1n) is 9.54. The van der Waals surface area contributed by atoms with Crippen LogP contribution >= 0.6 is 0 Å². The van der Waals surface area contributed by atoms with Gasteiger partial charge in [0.05, 0.1) is 12.1 Å². The van der Waals surface area contributed by atoms with Crippen LogP contribution in [0.1, 0.15) is 35.4 Å². The van der Waals surface area contributed by atoms with Crippen molar-refractivity contribution in [2.75, 3.05) is 13.1 Å². The highest BCUT2D eigenvalue weighted by atomic mass is 16.2. The first-order chi connectivity index (χ1) is 13.0. The molecule has 2 amide bonds. The van der Waals surface area contributed by atoms with E-state index in [4.69, 9.17) is 0 Å². The molecule has 1 saturated heterocycles. The van der Waals surface area contributed by atoms with Crippen molar-refractivity contribution in [3.63, 3.8) is 0 Å². The van der Waals surface area contributed by atoms with Crippen LogP contribution in [0.15, 0.2) is 30.3 Å². The van der Waals surface area contributed by atoms with Crippen molar-refractivity contribution in [3.05, 3.63) is 52.8 Å². The summed E-state index contributed by atoms with van der Waals surface area (Å²) in [6, 6.07) is 9.91. The molecule has 0 saturated carbocycles. The van der Waals surface area contributed by atoms with Gasteiger partial charge in [-0.25, -0.2) is 0 Å². The molecule has 0 spiro atoms. The number of benzene rings is 1. The fraction of sp³-hybridized carbons (Fsp3) is 0.476. The minimum Gasteiger partial charge on any atom is -0.352 e. The van der Waals surface area contributed by atoms with Gasteiger partial charge in [-0.1, -0.05) is 30.3 Å². The van der Waals surface area contributed by atoms with Gasteiger partial charge in [0.25, 0.3) is 0 Å². The predicted molar refractivity (Wildman–Crippen MR) is 104 cm³/mol. The number of likely N-dealkylation sites (tertiary alicyclic amines) is 1. The van der Waals surface area contributed by atoms with Gasteiger partial charge in [-0.05, 0) is 32.3 Å². The maximum absolute atomic E-state index is 12.7. The lowest BCUT2D eigenvalue weighted by atomic mass is 9.95. The summed E-state index contributed by atoms with van der Waals surface area (Å²) < 4.78 is 1.82. The third-order valence-corrected chi connectivity index (χ3v) is 5.51. The quantitative estimate of drug-likeness (QED) is 0.879. The number of nitrogens with one attached hydrogen (secondary N) is 1. The molecule has 2 heterocycles. The molecule has 6 heteroatoms. The Kier molecular flexibility index (Phi) is 5.94. The largest absolute Gasteiger partial charge is 0.352 e. The number of hydrogen-bond donors (Lipinski definition) is 1. The summed E-state index contributed by atoms with van der Waals surface area (Å²) in [6.45, 7) is 5.77. The smallest absolute Gasteiger partial charge is 0.227 e. The van der Waals surface area contributed by atoms with Crippen molar-refractivity contribution >= 4 is 11.8 Å². The molecular formula is C21H28N4O2. The number of carbonyl (C=O) groups excluding carboxylic acids is 2. The second kappa shape index (κ2) is 8.37. The molecule has 0 aliphatic carbocycles. The maximum atomic E-state index is 12.7. The van der Waals surface area contributed by atoms with Crippen LogP contribution in [0.3, 0.4) is 0 Å². The van der Waals surface area contributed by atoms with Gasteiger partial charge >= 0.3 is 0 Å². The minimum absolute atomic E-state index is 0.0142. The Morgan fingerprint density at radius 2 is 1.81 bits per heavy atom. The zero-order valence-corrected chi connectivity index (χ0v) is 16.4. The van der Waals surface area contributed by atoms with Crippen molar-refractivity contribution in [3.8, 4) is 0 Å². The summed E-state index contributed by atoms with van der Waals surface area (Å²) in [6.07, 6.45) is 1.82. The van der Waals surface area contributed by atoms with Gasteiger partial charge in [0.1, 0.15) is 0 Å². The molecule has 1 aliphatic rings. The zero-order valence-electron chi connectivity index (χ0n) is 16.4. The number of amides is 2. The number of aromatic nitrogens is 2. The highest BCUT2D eigenvalue weighted by molar-refractivity contribution is 5.81. The zero-order chi connectivity index (χ0) is 19.4. The lowest BCUT2D eigenvalue weighted by molar-refractivity contribution is -0.135. The monoisotopic (exact) mass is 368 g/mol. The lowest BCUT2D eigenvalue weighted by Gasteiger charge is -2.31. The van der Waals surface area contributed by atoms with Gasteiger partial charge in [0, 0.05) is 43.9 Å². The third-order valence-electron chi connectivity index (χ3n) is 5.51. The number of carbonyl (C=O) groups is 2. The highest BCUT2D eigenvalue weighted by Crippen LogP contribution is 2.20. The summed E-state index contributed by atoms with van der Waals surface area (Å²) in [5.41, 5.74) is 4.07. The van der Waals surface area contributed by atoms with Crippen LogP contribution < -0.4 is 5.32 Å². The van der Waals surface area contributed by atoms with E-state index in [1.165, 1.54) is 0 Å². The van der Waals surface area contributed by atoms with E-state index in [2.05, 4.69) is 10.4 Å². The highest BCUT2D eigenvalue weighted by Gasteiger charge is 2.28. The van der Waals surface area contributed by atoms with E-state index in [0.717, 1.165) is 35.4 Å². The molecule has 27 heavy (non-hydrogen) atoms. The van der Waals surface area contributed by atoms with E-state index in [1.807, 2.05) is 60.8 Å². The van der Waals surface area contributed by atoms with Crippen LogP contribution in [-0.2, 0) is 29.6 Å². The fourth-order valence-corrected chi connectivity index (χ4v) is 3.66.